The molecule has 0 fully saturated rings. The third kappa shape index (κ3) is 7.21. The van der Waals surface area contributed by atoms with Crippen molar-refractivity contribution in [2.24, 2.45) is 0 Å². The fourth-order valence-corrected chi connectivity index (χ4v) is 4.75. The molecule has 4 rings (SSSR count). The van der Waals surface area contributed by atoms with E-state index < -0.39 is 11.9 Å². The summed E-state index contributed by atoms with van der Waals surface area (Å²) in [5.41, 5.74) is 4.48. The van der Waals surface area contributed by atoms with Gasteiger partial charge in [-0.3, -0.25) is 4.79 Å². The van der Waals surface area contributed by atoms with E-state index in [1.54, 1.807) is 0 Å². The molecule has 2 aromatic rings. The van der Waals surface area contributed by atoms with Gasteiger partial charge >= 0.3 is 5.97 Å². The van der Waals surface area contributed by atoms with Gasteiger partial charge < -0.3 is 29.4 Å². The van der Waals surface area contributed by atoms with Gasteiger partial charge in [0.15, 0.2) is 0 Å². The average Bonchev–Trinajstić information content (AvgIpc) is 2.86. The number of aliphatic hydroxyl groups is 1. The molecule has 2 aliphatic rings. The summed E-state index contributed by atoms with van der Waals surface area (Å²) in [4.78, 5) is 11.4. The van der Waals surface area contributed by atoms with E-state index in [0.717, 1.165) is 54.7 Å². The highest BCUT2D eigenvalue weighted by Gasteiger charge is 2.28. The number of fused-ring (bicyclic) bond motifs is 2. The molecule has 0 saturated heterocycles. The quantitative estimate of drug-likeness (QED) is 0.346. The molecule has 2 N–H and O–H groups in total. The summed E-state index contributed by atoms with van der Waals surface area (Å²) >= 11 is 0. The van der Waals surface area contributed by atoms with Crippen LogP contribution in [-0.2, 0) is 33.7 Å². The number of nitrogens with one attached hydrogen (secondary N) is 1. The molecule has 0 bridgehead atoms. The van der Waals surface area contributed by atoms with Crippen LogP contribution in [0.5, 0.6) is 11.5 Å². The maximum absolute atomic E-state index is 11.4. The number of hydrogen-bond donors (Lipinski definition) is 2. The van der Waals surface area contributed by atoms with Gasteiger partial charge in [0.2, 0.25) is 5.79 Å². The summed E-state index contributed by atoms with van der Waals surface area (Å²) in [6, 6.07) is 12.5. The largest absolute Gasteiger partial charge is 0.494 e. The minimum atomic E-state index is -0.624. The molecule has 2 aromatic carbocycles. The molecule has 0 amide bonds. The van der Waals surface area contributed by atoms with E-state index in [2.05, 4.69) is 17.4 Å². The first-order chi connectivity index (χ1) is 17.3. The molecule has 1 aliphatic heterocycles. The standard InChI is InChI=1S/C29H39NO6/c1-4-33-28(32)7-5-6-14-34-25-12-9-20-8-11-24(16-22(20)17-25)30-18-26(31)21-10-13-27-23(15-21)19-35-29(2,3)36-27/h9-10,12-13,15,17,24,26,30-31H,4-8,11,14,16,18-19H2,1-3H3/t24-,26?/m0/s1. The molecule has 1 unspecified atom stereocenters. The number of ether oxygens (including phenoxy) is 4. The van der Waals surface area contributed by atoms with E-state index in [9.17, 15) is 9.90 Å². The van der Waals surface area contributed by atoms with Crippen molar-refractivity contribution in [2.75, 3.05) is 19.8 Å². The highest BCUT2D eigenvalue weighted by molar-refractivity contribution is 5.69. The van der Waals surface area contributed by atoms with Gasteiger partial charge in [-0.1, -0.05) is 12.1 Å². The van der Waals surface area contributed by atoms with Crippen LogP contribution in [0.3, 0.4) is 0 Å². The molecule has 1 aliphatic carbocycles. The average molecular weight is 498 g/mol. The monoisotopic (exact) mass is 497 g/mol. The van der Waals surface area contributed by atoms with Crippen molar-refractivity contribution in [3.05, 3.63) is 58.7 Å². The number of esters is 1. The Morgan fingerprint density at radius 1 is 1.17 bits per heavy atom. The molecule has 0 aromatic heterocycles. The molecule has 196 valence electrons. The highest BCUT2D eigenvalue weighted by atomic mass is 16.7. The Morgan fingerprint density at radius 2 is 2.03 bits per heavy atom. The summed E-state index contributed by atoms with van der Waals surface area (Å²) in [7, 11) is 0. The van der Waals surface area contributed by atoms with Crippen molar-refractivity contribution in [1.82, 2.24) is 5.32 Å². The Balaban J connectivity index is 1.24. The summed E-state index contributed by atoms with van der Waals surface area (Å²) in [6.07, 6.45) is 4.36. The van der Waals surface area contributed by atoms with E-state index in [1.807, 2.05) is 45.0 Å². The molecule has 0 radical (unpaired) electrons. The zero-order valence-corrected chi connectivity index (χ0v) is 21.7. The van der Waals surface area contributed by atoms with E-state index >= 15 is 0 Å². The predicted molar refractivity (Wildman–Crippen MR) is 137 cm³/mol. The normalized spacial score (nSPS) is 18.9. The van der Waals surface area contributed by atoms with Crippen LogP contribution in [0.2, 0.25) is 0 Å². The number of unbranched alkanes of at least 4 members (excludes halogenated alkanes) is 1. The van der Waals surface area contributed by atoms with Gasteiger partial charge in [0.05, 0.1) is 25.9 Å². The first kappa shape index (κ1) is 26.5. The Labute approximate surface area is 214 Å². The van der Waals surface area contributed by atoms with Gasteiger partial charge in [0.1, 0.15) is 11.5 Å². The smallest absolute Gasteiger partial charge is 0.305 e. The lowest BCUT2D eigenvalue weighted by molar-refractivity contribution is -0.180. The molecular weight excluding hydrogens is 458 g/mol. The molecule has 0 spiro atoms. The minimum absolute atomic E-state index is 0.145. The Bertz CT molecular complexity index is 1040. The van der Waals surface area contributed by atoms with Crippen molar-refractivity contribution in [3.8, 4) is 11.5 Å². The number of aliphatic hydroxyl groups excluding tert-OH is 1. The van der Waals surface area contributed by atoms with Crippen LogP contribution in [0.4, 0.5) is 0 Å². The second-order valence-electron chi connectivity index (χ2n) is 10.1. The van der Waals surface area contributed by atoms with Crippen molar-refractivity contribution in [1.29, 1.82) is 0 Å². The molecular formula is C29H39NO6. The van der Waals surface area contributed by atoms with Crippen LogP contribution >= 0.6 is 0 Å². The van der Waals surface area contributed by atoms with Gasteiger partial charge in [-0.15, -0.1) is 0 Å². The van der Waals surface area contributed by atoms with Crippen LogP contribution in [0.15, 0.2) is 36.4 Å². The fraction of sp³-hybridized carbons (Fsp3) is 0.552. The third-order valence-corrected chi connectivity index (χ3v) is 6.76. The number of aryl methyl sites for hydroxylation is 1. The summed E-state index contributed by atoms with van der Waals surface area (Å²) in [6.45, 7) is 7.59. The van der Waals surface area contributed by atoms with Gasteiger partial charge in [-0.2, -0.15) is 0 Å². The van der Waals surface area contributed by atoms with Crippen LogP contribution in [-0.4, -0.2) is 42.7 Å². The Kier molecular flexibility index (Phi) is 8.88. The second kappa shape index (κ2) is 12.1. The lowest BCUT2D eigenvalue weighted by Gasteiger charge is -2.33. The maximum atomic E-state index is 11.4. The number of hydrogen-bond acceptors (Lipinski definition) is 7. The number of benzene rings is 2. The molecule has 36 heavy (non-hydrogen) atoms. The first-order valence-electron chi connectivity index (χ1n) is 13.1. The number of carbonyl (C=O) groups is 1. The SMILES string of the molecule is CCOC(=O)CCCCOc1ccc2c(c1)C[C@@H](NCC(O)c1ccc3c(c1)COC(C)(C)O3)CC2. The van der Waals surface area contributed by atoms with E-state index in [4.69, 9.17) is 18.9 Å². The van der Waals surface area contributed by atoms with Gasteiger partial charge in [-0.25, -0.2) is 0 Å². The second-order valence-corrected chi connectivity index (χ2v) is 10.1. The fourth-order valence-electron chi connectivity index (χ4n) is 4.75. The van der Waals surface area contributed by atoms with Gasteiger partial charge in [0, 0.05) is 38.4 Å². The maximum Gasteiger partial charge on any atom is 0.305 e. The van der Waals surface area contributed by atoms with Crippen molar-refractivity contribution in [2.45, 2.75) is 83.8 Å². The Hall–Kier alpha value is -2.61. The van der Waals surface area contributed by atoms with Gasteiger partial charge in [0.25, 0.3) is 0 Å². The zero-order valence-electron chi connectivity index (χ0n) is 21.7. The first-order valence-corrected chi connectivity index (χ1v) is 13.1. The van der Waals surface area contributed by atoms with Crippen molar-refractivity contribution < 1.29 is 28.8 Å². The van der Waals surface area contributed by atoms with Crippen LogP contribution in [0.25, 0.3) is 0 Å². The van der Waals surface area contributed by atoms with Gasteiger partial charge in [-0.05, 0) is 80.0 Å². The van der Waals surface area contributed by atoms with E-state index in [-0.39, 0.29) is 5.97 Å². The summed E-state index contributed by atoms with van der Waals surface area (Å²) in [5.74, 6) is 0.915. The van der Waals surface area contributed by atoms with E-state index in [1.165, 1.54) is 11.1 Å². The predicted octanol–water partition coefficient (Wildman–Crippen LogP) is 4.62. The molecule has 7 heteroatoms. The highest BCUT2D eigenvalue weighted by Crippen LogP contribution is 2.33. The van der Waals surface area contributed by atoms with Crippen LogP contribution < -0.4 is 14.8 Å². The lowest BCUT2D eigenvalue weighted by Crippen LogP contribution is -2.37. The Morgan fingerprint density at radius 3 is 2.86 bits per heavy atom. The van der Waals surface area contributed by atoms with Crippen LogP contribution in [0, 0.1) is 0 Å². The molecule has 1 heterocycles. The summed E-state index contributed by atoms with van der Waals surface area (Å²) < 4.78 is 22.5. The summed E-state index contributed by atoms with van der Waals surface area (Å²) in [5, 5.41) is 14.4. The molecule has 0 saturated carbocycles. The topological polar surface area (TPSA) is 86.3 Å². The van der Waals surface area contributed by atoms with Crippen molar-refractivity contribution >= 4 is 5.97 Å². The van der Waals surface area contributed by atoms with E-state index in [0.29, 0.717) is 38.8 Å². The molecule has 7 nitrogen and oxygen atoms in total. The van der Waals surface area contributed by atoms with Crippen LogP contribution in [0.1, 0.15) is 74.8 Å². The molecule has 2 atom stereocenters. The minimum Gasteiger partial charge on any atom is -0.494 e. The lowest BCUT2D eigenvalue weighted by atomic mass is 9.88. The number of carbonyl (C=O) groups excluding carboxylic acids is 1. The zero-order chi connectivity index (χ0) is 25.5. The van der Waals surface area contributed by atoms with Crippen molar-refractivity contribution in [3.63, 3.8) is 0 Å². The third-order valence-electron chi connectivity index (χ3n) is 6.76. The number of rotatable bonds is 11.